The zero-order chi connectivity index (χ0) is 7.98. The van der Waals surface area contributed by atoms with Crippen molar-refractivity contribution in [3.05, 3.63) is 12.8 Å². The van der Waals surface area contributed by atoms with Crippen LogP contribution in [-0.4, -0.2) is 36.0 Å². The van der Waals surface area contributed by atoms with E-state index in [-0.39, 0.29) is 6.54 Å². The molecule has 0 aliphatic carbocycles. The lowest BCUT2D eigenvalue weighted by Gasteiger charge is -2.15. The molecule has 3 N–H and O–H groups in total. The van der Waals surface area contributed by atoms with Gasteiger partial charge >= 0.3 is 0 Å². The van der Waals surface area contributed by atoms with Gasteiger partial charge in [0.1, 0.15) is 0 Å². The maximum absolute atomic E-state index is 8.99. The van der Waals surface area contributed by atoms with Crippen LogP contribution < -0.4 is 5.73 Å². The van der Waals surface area contributed by atoms with Crippen molar-refractivity contribution in [1.29, 1.82) is 0 Å². The van der Waals surface area contributed by atoms with Gasteiger partial charge in [-0.25, -0.2) is 0 Å². The molecule has 0 saturated heterocycles. The molecule has 58 valence electrons. The second-order valence-corrected chi connectivity index (χ2v) is 1.84. The highest BCUT2D eigenvalue weighted by Gasteiger charge is 2.03. The molecule has 0 saturated carbocycles. The van der Waals surface area contributed by atoms with Gasteiger partial charge in [0.05, 0.1) is 12.6 Å². The van der Waals surface area contributed by atoms with E-state index in [0.29, 0.717) is 6.54 Å². The molecular formula is C6H13N3O. The molecule has 0 aromatic rings. The summed E-state index contributed by atoms with van der Waals surface area (Å²) in [5.74, 6) is 0. The molecular weight excluding hydrogens is 130 g/mol. The standard InChI is InChI=1S/C6H13N3O/c1-3-9(8-2)5-6(10)4-7/h3,6,10H,1-2,4-5,7H2. The maximum atomic E-state index is 8.99. The Morgan fingerprint density at radius 1 is 1.80 bits per heavy atom. The molecule has 0 heterocycles. The van der Waals surface area contributed by atoms with Crippen LogP contribution in [0.5, 0.6) is 0 Å². The summed E-state index contributed by atoms with van der Waals surface area (Å²) >= 11 is 0. The van der Waals surface area contributed by atoms with E-state index >= 15 is 0 Å². The minimum atomic E-state index is -0.566. The number of aliphatic hydroxyl groups excluding tert-OH is 1. The Kier molecular flexibility index (Phi) is 4.53. The molecule has 0 rings (SSSR count). The van der Waals surface area contributed by atoms with Gasteiger partial charge in [0.2, 0.25) is 0 Å². The molecule has 10 heavy (non-hydrogen) atoms. The van der Waals surface area contributed by atoms with Gasteiger partial charge in [0.15, 0.2) is 0 Å². The van der Waals surface area contributed by atoms with Crippen LogP contribution in [0.1, 0.15) is 0 Å². The van der Waals surface area contributed by atoms with Crippen molar-refractivity contribution in [3.63, 3.8) is 0 Å². The quantitative estimate of drug-likeness (QED) is 0.398. The first-order valence-corrected chi connectivity index (χ1v) is 2.98. The highest BCUT2D eigenvalue weighted by Crippen LogP contribution is 1.90. The van der Waals surface area contributed by atoms with Crippen molar-refractivity contribution in [2.75, 3.05) is 13.1 Å². The van der Waals surface area contributed by atoms with Crippen molar-refractivity contribution < 1.29 is 5.11 Å². The van der Waals surface area contributed by atoms with E-state index in [4.69, 9.17) is 10.8 Å². The fourth-order valence-corrected chi connectivity index (χ4v) is 0.480. The van der Waals surface area contributed by atoms with Gasteiger partial charge in [-0.2, -0.15) is 5.10 Å². The summed E-state index contributed by atoms with van der Waals surface area (Å²) in [6.45, 7) is 7.30. The lowest BCUT2D eigenvalue weighted by molar-refractivity contribution is 0.144. The minimum absolute atomic E-state index is 0.222. The van der Waals surface area contributed by atoms with E-state index in [9.17, 15) is 0 Å². The number of nitrogens with zero attached hydrogens (tertiary/aromatic N) is 2. The first-order valence-electron chi connectivity index (χ1n) is 2.98. The second-order valence-electron chi connectivity index (χ2n) is 1.84. The van der Waals surface area contributed by atoms with E-state index in [2.05, 4.69) is 18.4 Å². The van der Waals surface area contributed by atoms with Gasteiger partial charge in [-0.05, 0) is 0 Å². The molecule has 0 bridgehead atoms. The molecule has 4 nitrogen and oxygen atoms in total. The highest BCUT2D eigenvalue weighted by molar-refractivity contribution is 5.22. The SMILES string of the molecule is C=CN(CC(O)CN)N=C. The molecule has 0 aliphatic rings. The Bertz CT molecular complexity index is 108. The molecule has 0 fully saturated rings. The van der Waals surface area contributed by atoms with Crippen LogP contribution in [0.25, 0.3) is 0 Å². The Morgan fingerprint density at radius 2 is 2.40 bits per heavy atom. The summed E-state index contributed by atoms with van der Waals surface area (Å²) in [6, 6.07) is 0. The van der Waals surface area contributed by atoms with Gasteiger partial charge in [0, 0.05) is 19.5 Å². The van der Waals surface area contributed by atoms with Crippen LogP contribution in [0.3, 0.4) is 0 Å². The Hall–Kier alpha value is -0.870. The van der Waals surface area contributed by atoms with E-state index < -0.39 is 6.10 Å². The van der Waals surface area contributed by atoms with Crippen LogP contribution in [0.15, 0.2) is 17.9 Å². The van der Waals surface area contributed by atoms with Crippen molar-refractivity contribution in [2.24, 2.45) is 10.8 Å². The molecule has 0 aromatic carbocycles. The number of hydrogen-bond acceptors (Lipinski definition) is 4. The topological polar surface area (TPSA) is 61.8 Å². The summed E-state index contributed by atoms with van der Waals surface area (Å²) in [7, 11) is 0. The van der Waals surface area contributed by atoms with E-state index in [0.717, 1.165) is 0 Å². The number of aliphatic hydroxyl groups is 1. The monoisotopic (exact) mass is 143 g/mol. The van der Waals surface area contributed by atoms with Crippen LogP contribution in [0.2, 0.25) is 0 Å². The average molecular weight is 143 g/mol. The zero-order valence-electron chi connectivity index (χ0n) is 5.90. The third-order valence-corrected chi connectivity index (χ3v) is 1.06. The molecule has 0 spiro atoms. The van der Waals surface area contributed by atoms with E-state index in [1.807, 2.05) is 0 Å². The molecule has 0 aromatic heterocycles. The van der Waals surface area contributed by atoms with Gasteiger partial charge in [-0.1, -0.05) is 6.58 Å². The lowest BCUT2D eigenvalue weighted by atomic mass is 10.3. The fourth-order valence-electron chi connectivity index (χ4n) is 0.480. The average Bonchev–Trinajstić information content (AvgIpc) is 1.99. The largest absolute Gasteiger partial charge is 0.390 e. The van der Waals surface area contributed by atoms with Crippen LogP contribution in [-0.2, 0) is 0 Å². The molecule has 0 aliphatic heterocycles. The number of rotatable bonds is 5. The Balaban J connectivity index is 3.61. The summed E-state index contributed by atoms with van der Waals surface area (Å²) in [4.78, 5) is 0. The van der Waals surface area contributed by atoms with Crippen LogP contribution >= 0.6 is 0 Å². The van der Waals surface area contributed by atoms with Crippen LogP contribution in [0, 0.1) is 0 Å². The van der Waals surface area contributed by atoms with Gasteiger partial charge < -0.3 is 10.8 Å². The lowest BCUT2D eigenvalue weighted by Crippen LogP contribution is -2.30. The number of hydrazone groups is 1. The summed E-state index contributed by atoms with van der Waals surface area (Å²) in [5.41, 5.74) is 5.16. The van der Waals surface area contributed by atoms with Crippen molar-refractivity contribution in [1.82, 2.24) is 5.01 Å². The van der Waals surface area contributed by atoms with Crippen molar-refractivity contribution in [3.8, 4) is 0 Å². The van der Waals surface area contributed by atoms with Crippen LogP contribution in [0.4, 0.5) is 0 Å². The minimum Gasteiger partial charge on any atom is -0.390 e. The molecule has 1 unspecified atom stereocenters. The summed E-state index contributed by atoms with van der Waals surface area (Å²) in [6.07, 6.45) is 0.912. The van der Waals surface area contributed by atoms with Gasteiger partial charge in [-0.3, -0.25) is 5.01 Å². The maximum Gasteiger partial charge on any atom is 0.0857 e. The summed E-state index contributed by atoms with van der Waals surface area (Å²) < 4.78 is 0. The Labute approximate surface area is 60.6 Å². The zero-order valence-corrected chi connectivity index (χ0v) is 5.90. The third kappa shape index (κ3) is 3.21. The normalized spacial score (nSPS) is 12.2. The van der Waals surface area contributed by atoms with E-state index in [1.165, 1.54) is 11.2 Å². The smallest absolute Gasteiger partial charge is 0.0857 e. The predicted octanol–water partition coefficient (Wildman–Crippen LogP) is -0.633. The van der Waals surface area contributed by atoms with E-state index in [1.54, 1.807) is 0 Å². The molecule has 4 heteroatoms. The van der Waals surface area contributed by atoms with Crippen molar-refractivity contribution >= 4 is 6.72 Å². The molecule has 1 atom stereocenters. The Morgan fingerprint density at radius 3 is 2.70 bits per heavy atom. The predicted molar refractivity (Wildman–Crippen MR) is 41.5 cm³/mol. The van der Waals surface area contributed by atoms with Crippen molar-refractivity contribution in [2.45, 2.75) is 6.10 Å². The first kappa shape index (κ1) is 9.13. The van der Waals surface area contributed by atoms with Gasteiger partial charge in [0.25, 0.3) is 0 Å². The number of hydrogen-bond donors (Lipinski definition) is 2. The fraction of sp³-hybridized carbons (Fsp3) is 0.500. The molecule has 0 amide bonds. The highest BCUT2D eigenvalue weighted by atomic mass is 16.3. The van der Waals surface area contributed by atoms with Gasteiger partial charge in [-0.15, -0.1) is 0 Å². The molecule has 0 radical (unpaired) electrons. The number of nitrogens with two attached hydrogens (primary N) is 1. The summed E-state index contributed by atoms with van der Waals surface area (Å²) in [5, 5.41) is 14.0. The first-order chi connectivity index (χ1) is 4.74. The second kappa shape index (κ2) is 4.96. The third-order valence-electron chi connectivity index (χ3n) is 1.06.